The van der Waals surface area contributed by atoms with Gasteiger partial charge >= 0.3 is 0 Å². The van der Waals surface area contributed by atoms with Gasteiger partial charge in [-0.2, -0.15) is 0 Å². The van der Waals surface area contributed by atoms with Crippen LogP contribution in [-0.2, 0) is 6.42 Å². The molecule has 0 saturated carbocycles. The Morgan fingerprint density at radius 3 is 1.82 bits per heavy atom. The van der Waals surface area contributed by atoms with E-state index in [4.69, 9.17) is 0 Å². The number of benzene rings is 9. The van der Waals surface area contributed by atoms with Crippen molar-refractivity contribution >= 4 is 44.5 Å². The molecule has 55 heavy (non-hydrogen) atoms. The Kier molecular flexibility index (Phi) is 7.62. The van der Waals surface area contributed by atoms with Crippen molar-refractivity contribution in [1.29, 1.82) is 0 Å². The first-order valence-corrected chi connectivity index (χ1v) is 19.8. The van der Waals surface area contributed by atoms with Crippen LogP contribution in [0, 0.1) is 0 Å². The van der Waals surface area contributed by atoms with E-state index in [-0.39, 0.29) is 0 Å². The van der Waals surface area contributed by atoms with Crippen LogP contribution < -0.4 is 10.4 Å². The SMILES string of the molecule is C1=c2c(-c3ccccc3)cc3c(cc(-c4ccc(-c5ccc6c(c5)CC(c5ccc7ccccc7c5)C6c5ccccc5)cc4)c4ccccc43)c2=CCC1. The molecule has 2 aliphatic rings. The summed E-state index contributed by atoms with van der Waals surface area (Å²) in [5, 5.41) is 10.6. The Hall–Kier alpha value is -6.50. The topological polar surface area (TPSA) is 0 Å². The first kappa shape index (κ1) is 32.0. The summed E-state index contributed by atoms with van der Waals surface area (Å²) in [5.74, 6) is 0.726. The van der Waals surface area contributed by atoms with Gasteiger partial charge < -0.3 is 0 Å². The van der Waals surface area contributed by atoms with Crippen molar-refractivity contribution in [2.75, 3.05) is 0 Å². The maximum Gasteiger partial charge on any atom is 0.0164 e. The fourth-order valence-electron chi connectivity index (χ4n) is 9.78. The Labute approximate surface area is 322 Å². The molecule has 9 aromatic rings. The normalized spacial score (nSPS) is 16.1. The summed E-state index contributed by atoms with van der Waals surface area (Å²) >= 11 is 0. The van der Waals surface area contributed by atoms with Crippen LogP contribution in [0.5, 0.6) is 0 Å². The van der Waals surface area contributed by atoms with Crippen LogP contribution in [0.15, 0.2) is 182 Å². The van der Waals surface area contributed by atoms with E-state index in [9.17, 15) is 0 Å². The molecule has 0 aliphatic heterocycles. The lowest BCUT2D eigenvalue weighted by Crippen LogP contribution is -2.29. The molecule has 0 fully saturated rings. The minimum Gasteiger partial charge on any atom is -0.0757 e. The van der Waals surface area contributed by atoms with Crippen molar-refractivity contribution in [3.05, 3.63) is 215 Å². The second-order valence-corrected chi connectivity index (χ2v) is 15.5. The maximum atomic E-state index is 2.47. The van der Waals surface area contributed by atoms with E-state index in [2.05, 4.69) is 194 Å². The van der Waals surface area contributed by atoms with Crippen LogP contribution in [0.25, 0.3) is 77.9 Å². The van der Waals surface area contributed by atoms with Crippen molar-refractivity contribution in [3.63, 3.8) is 0 Å². The van der Waals surface area contributed by atoms with Crippen molar-refractivity contribution in [1.82, 2.24) is 0 Å². The van der Waals surface area contributed by atoms with Crippen molar-refractivity contribution in [2.24, 2.45) is 0 Å². The highest BCUT2D eigenvalue weighted by Gasteiger charge is 2.35. The minimum atomic E-state index is 0.333. The molecule has 2 unspecified atom stereocenters. The molecule has 0 saturated heterocycles. The highest BCUT2D eigenvalue weighted by atomic mass is 14.4. The second-order valence-electron chi connectivity index (χ2n) is 15.5. The van der Waals surface area contributed by atoms with Gasteiger partial charge in [-0.05, 0) is 136 Å². The third-order valence-electron chi connectivity index (χ3n) is 12.4. The Morgan fingerprint density at radius 2 is 1.00 bits per heavy atom. The molecule has 9 aromatic carbocycles. The van der Waals surface area contributed by atoms with Gasteiger partial charge in [0.1, 0.15) is 0 Å². The third-order valence-corrected chi connectivity index (χ3v) is 12.4. The lowest BCUT2D eigenvalue weighted by molar-refractivity contribution is 0.657. The van der Waals surface area contributed by atoms with Gasteiger partial charge in [0.25, 0.3) is 0 Å². The molecule has 0 aromatic heterocycles. The van der Waals surface area contributed by atoms with E-state index >= 15 is 0 Å². The van der Waals surface area contributed by atoms with Crippen molar-refractivity contribution in [3.8, 4) is 33.4 Å². The number of fused-ring (bicyclic) bond motifs is 7. The smallest absolute Gasteiger partial charge is 0.0164 e. The Bertz CT molecular complexity index is 3040. The van der Waals surface area contributed by atoms with Gasteiger partial charge in [-0.1, -0.05) is 182 Å². The molecule has 0 N–H and O–H groups in total. The zero-order chi connectivity index (χ0) is 36.3. The molecule has 0 nitrogen and oxygen atoms in total. The van der Waals surface area contributed by atoms with E-state index in [1.165, 1.54) is 98.4 Å². The molecule has 11 rings (SSSR count). The van der Waals surface area contributed by atoms with Gasteiger partial charge in [-0.15, -0.1) is 0 Å². The number of rotatable bonds is 5. The largest absolute Gasteiger partial charge is 0.0757 e. The molecule has 2 atom stereocenters. The molecule has 0 amide bonds. The molecule has 0 bridgehead atoms. The van der Waals surface area contributed by atoms with Crippen LogP contribution in [0.1, 0.15) is 46.9 Å². The Morgan fingerprint density at radius 1 is 0.364 bits per heavy atom. The zero-order valence-electron chi connectivity index (χ0n) is 30.8. The molecule has 0 heteroatoms. The number of hydrogen-bond donors (Lipinski definition) is 0. The highest BCUT2D eigenvalue weighted by molar-refractivity contribution is 6.15. The average Bonchev–Trinajstić information content (AvgIpc) is 3.65. The molecule has 0 heterocycles. The van der Waals surface area contributed by atoms with Crippen LogP contribution in [-0.4, -0.2) is 0 Å². The fourth-order valence-corrected chi connectivity index (χ4v) is 9.78. The summed E-state index contributed by atoms with van der Waals surface area (Å²) in [6.07, 6.45) is 8.11. The standard InChI is InChI=1S/C55H40/c1-3-14-38(15-4-1)50-34-53-49-22-12-10-20-47(49)51(35-54(53)48-21-11-9-19-46(48)50)39-26-23-37(24-27-39)42-29-30-45-44(32-42)33-52(55(45)40-16-5-2-6-17-40)43-28-25-36-13-7-8-18-41(36)31-43/h1-8,10,12-32,34-35,52,55H,9,11,33H2. The molecule has 0 spiro atoms. The summed E-state index contributed by atoms with van der Waals surface area (Å²) in [4.78, 5) is 0. The average molecular weight is 701 g/mol. The predicted octanol–water partition coefficient (Wildman–Crippen LogP) is 13.0. The summed E-state index contributed by atoms with van der Waals surface area (Å²) in [6.45, 7) is 0. The fraction of sp³-hybridized carbons (Fsp3) is 0.0909. The van der Waals surface area contributed by atoms with E-state index < -0.39 is 0 Å². The van der Waals surface area contributed by atoms with Crippen LogP contribution in [0.4, 0.5) is 0 Å². The van der Waals surface area contributed by atoms with Gasteiger partial charge in [-0.3, -0.25) is 0 Å². The van der Waals surface area contributed by atoms with E-state index in [0.29, 0.717) is 11.8 Å². The summed E-state index contributed by atoms with van der Waals surface area (Å²) < 4.78 is 0. The summed E-state index contributed by atoms with van der Waals surface area (Å²) in [7, 11) is 0. The summed E-state index contributed by atoms with van der Waals surface area (Å²) in [5.41, 5.74) is 13.4. The van der Waals surface area contributed by atoms with Crippen molar-refractivity contribution < 1.29 is 0 Å². The lowest BCUT2D eigenvalue weighted by Gasteiger charge is -2.22. The van der Waals surface area contributed by atoms with Gasteiger partial charge in [0.15, 0.2) is 0 Å². The van der Waals surface area contributed by atoms with Crippen LogP contribution in [0.3, 0.4) is 0 Å². The monoisotopic (exact) mass is 700 g/mol. The first-order chi connectivity index (χ1) is 27.3. The van der Waals surface area contributed by atoms with Crippen LogP contribution >= 0.6 is 0 Å². The van der Waals surface area contributed by atoms with E-state index in [1.807, 2.05) is 0 Å². The van der Waals surface area contributed by atoms with Gasteiger partial charge in [0.05, 0.1) is 0 Å². The quantitative estimate of drug-likeness (QED) is 0.157. The van der Waals surface area contributed by atoms with E-state index in [1.54, 1.807) is 0 Å². The summed E-state index contributed by atoms with van der Waals surface area (Å²) in [6, 6.07) is 68.3. The van der Waals surface area contributed by atoms with Gasteiger partial charge in [-0.25, -0.2) is 0 Å². The van der Waals surface area contributed by atoms with E-state index in [0.717, 1.165) is 19.3 Å². The first-order valence-electron chi connectivity index (χ1n) is 19.8. The van der Waals surface area contributed by atoms with Crippen LogP contribution in [0.2, 0.25) is 0 Å². The van der Waals surface area contributed by atoms with Crippen molar-refractivity contribution in [2.45, 2.75) is 31.1 Å². The van der Waals surface area contributed by atoms with Gasteiger partial charge in [0, 0.05) is 5.92 Å². The second kappa shape index (κ2) is 13.1. The highest BCUT2D eigenvalue weighted by Crippen LogP contribution is 2.49. The number of hydrogen-bond acceptors (Lipinski definition) is 0. The van der Waals surface area contributed by atoms with Gasteiger partial charge in [0.2, 0.25) is 0 Å². The Balaban J connectivity index is 0.991. The minimum absolute atomic E-state index is 0.333. The lowest BCUT2D eigenvalue weighted by atomic mass is 9.81. The molecule has 2 aliphatic carbocycles. The molecular formula is C55H40. The maximum absolute atomic E-state index is 2.47. The zero-order valence-corrected chi connectivity index (χ0v) is 30.8. The molecule has 260 valence electrons. The molecular weight excluding hydrogens is 661 g/mol. The molecule has 0 radical (unpaired) electrons. The predicted molar refractivity (Wildman–Crippen MR) is 234 cm³/mol. The third kappa shape index (κ3) is 5.44.